The average Bonchev–Trinajstić information content (AvgIpc) is 2.86. The molecule has 0 spiro atoms. The molecule has 0 bridgehead atoms. The number of amides is 2. The second-order valence-corrected chi connectivity index (χ2v) is 9.71. The predicted octanol–water partition coefficient (Wildman–Crippen LogP) is 3.31. The molecule has 12 nitrogen and oxygen atoms in total. The third-order valence-electron chi connectivity index (χ3n) is 5.90. The van der Waals surface area contributed by atoms with Gasteiger partial charge in [-0.2, -0.15) is 0 Å². The molecule has 0 aliphatic carbocycles. The number of nitro groups is 1. The lowest BCUT2D eigenvalue weighted by atomic mass is 10.1. The van der Waals surface area contributed by atoms with Crippen molar-refractivity contribution in [1.29, 1.82) is 0 Å². The first-order valence-electron chi connectivity index (χ1n) is 11.8. The van der Waals surface area contributed by atoms with E-state index < -0.39 is 22.5 Å². The molecule has 2 aromatic carbocycles. The van der Waals surface area contributed by atoms with Gasteiger partial charge in [-0.25, -0.2) is 14.8 Å². The van der Waals surface area contributed by atoms with Crippen molar-refractivity contribution >= 4 is 40.1 Å². The van der Waals surface area contributed by atoms with Gasteiger partial charge in [-0.3, -0.25) is 14.9 Å². The van der Waals surface area contributed by atoms with Crippen LogP contribution in [0.15, 0.2) is 42.7 Å². The fourth-order valence-corrected chi connectivity index (χ4v) is 4.05. The van der Waals surface area contributed by atoms with Gasteiger partial charge in [0.05, 0.1) is 10.4 Å². The summed E-state index contributed by atoms with van der Waals surface area (Å²) in [6, 6.07) is 9.98. The number of nitrogens with one attached hydrogen (secondary N) is 1. The summed E-state index contributed by atoms with van der Waals surface area (Å²) in [4.78, 5) is 47.3. The van der Waals surface area contributed by atoms with Crippen molar-refractivity contribution in [1.82, 2.24) is 14.9 Å². The van der Waals surface area contributed by atoms with Crippen LogP contribution in [0.5, 0.6) is 0 Å². The van der Waals surface area contributed by atoms with E-state index in [4.69, 9.17) is 10.5 Å². The van der Waals surface area contributed by atoms with Gasteiger partial charge in [0.1, 0.15) is 23.4 Å². The minimum absolute atomic E-state index is 0.0677. The number of nitrogens with two attached hydrogens (primary N) is 1. The topological polar surface area (TPSA) is 157 Å². The fraction of sp³-hybridized carbons (Fsp3) is 0.360. The molecular weight excluding hydrogens is 478 g/mol. The number of primary amides is 1. The SMILES string of the molecule is CC(C)(C)OC(=O)N1CCN(c2cc3ncnc(NCc4ccc(C(N)=O)cc4)c3cc2[N+](=O)[O-])CC1. The molecule has 37 heavy (non-hydrogen) atoms. The van der Waals surface area contributed by atoms with Crippen LogP contribution in [0, 0.1) is 10.1 Å². The Hall–Kier alpha value is -4.48. The Morgan fingerprint density at radius 2 is 1.78 bits per heavy atom. The number of hydrogen-bond donors (Lipinski definition) is 2. The average molecular weight is 508 g/mol. The molecule has 1 saturated heterocycles. The van der Waals surface area contributed by atoms with Gasteiger partial charge in [0.2, 0.25) is 5.91 Å². The Morgan fingerprint density at radius 3 is 2.38 bits per heavy atom. The first-order chi connectivity index (χ1) is 17.5. The Kier molecular flexibility index (Phi) is 7.09. The molecule has 0 radical (unpaired) electrons. The minimum atomic E-state index is -0.593. The number of nitrogens with zero attached hydrogens (tertiary/aromatic N) is 5. The highest BCUT2D eigenvalue weighted by Gasteiger charge is 2.29. The Labute approximate surface area is 213 Å². The van der Waals surface area contributed by atoms with Crippen LogP contribution in [0.2, 0.25) is 0 Å². The van der Waals surface area contributed by atoms with Crippen LogP contribution < -0.4 is 16.0 Å². The Bertz CT molecular complexity index is 1330. The lowest BCUT2D eigenvalue weighted by Crippen LogP contribution is -2.50. The van der Waals surface area contributed by atoms with Gasteiger partial charge in [0.15, 0.2) is 0 Å². The minimum Gasteiger partial charge on any atom is -0.444 e. The number of nitro benzene ring substituents is 1. The highest BCUT2D eigenvalue weighted by molar-refractivity contribution is 5.95. The van der Waals surface area contributed by atoms with E-state index in [-0.39, 0.29) is 5.69 Å². The molecule has 0 unspecified atom stereocenters. The summed E-state index contributed by atoms with van der Waals surface area (Å²) in [6.45, 7) is 7.42. The summed E-state index contributed by atoms with van der Waals surface area (Å²) < 4.78 is 5.44. The van der Waals surface area contributed by atoms with Gasteiger partial charge in [-0.15, -0.1) is 0 Å². The molecule has 3 aromatic rings. The van der Waals surface area contributed by atoms with Crippen molar-refractivity contribution < 1.29 is 19.2 Å². The summed E-state index contributed by atoms with van der Waals surface area (Å²) in [6.07, 6.45) is 1.00. The number of benzene rings is 2. The summed E-state index contributed by atoms with van der Waals surface area (Å²) >= 11 is 0. The van der Waals surface area contributed by atoms with Crippen LogP contribution in [0.1, 0.15) is 36.7 Å². The van der Waals surface area contributed by atoms with E-state index in [2.05, 4.69) is 15.3 Å². The zero-order valence-corrected chi connectivity index (χ0v) is 20.9. The molecule has 1 aliphatic rings. The van der Waals surface area contributed by atoms with E-state index in [1.165, 1.54) is 12.4 Å². The van der Waals surface area contributed by atoms with Crippen LogP contribution in [-0.2, 0) is 11.3 Å². The number of carbonyl (C=O) groups excluding carboxylic acids is 2. The van der Waals surface area contributed by atoms with Crippen molar-refractivity contribution in [3.05, 3.63) is 64.0 Å². The number of aromatic nitrogens is 2. The number of fused-ring (bicyclic) bond motifs is 1. The molecule has 12 heteroatoms. The Balaban J connectivity index is 1.54. The number of anilines is 2. The molecule has 0 saturated carbocycles. The largest absolute Gasteiger partial charge is 0.444 e. The number of piperazine rings is 1. The predicted molar refractivity (Wildman–Crippen MR) is 138 cm³/mol. The normalized spacial score (nSPS) is 13.9. The fourth-order valence-electron chi connectivity index (χ4n) is 4.05. The van der Waals surface area contributed by atoms with Crippen molar-refractivity contribution in [3.8, 4) is 0 Å². The van der Waals surface area contributed by atoms with Crippen LogP contribution in [0.3, 0.4) is 0 Å². The van der Waals surface area contributed by atoms with Crippen LogP contribution in [0.4, 0.5) is 22.0 Å². The van der Waals surface area contributed by atoms with Crippen LogP contribution in [-0.4, -0.2) is 63.6 Å². The Morgan fingerprint density at radius 1 is 1.11 bits per heavy atom. The molecule has 1 aromatic heterocycles. The van der Waals surface area contributed by atoms with Gasteiger partial charge >= 0.3 is 6.09 Å². The number of carbonyl (C=O) groups is 2. The van der Waals surface area contributed by atoms with E-state index in [1.807, 2.05) is 25.7 Å². The first-order valence-corrected chi connectivity index (χ1v) is 11.8. The zero-order valence-electron chi connectivity index (χ0n) is 20.9. The highest BCUT2D eigenvalue weighted by atomic mass is 16.6. The number of rotatable bonds is 6. The summed E-state index contributed by atoms with van der Waals surface area (Å²) in [7, 11) is 0. The van der Waals surface area contributed by atoms with E-state index in [1.54, 1.807) is 35.2 Å². The molecule has 194 valence electrons. The molecule has 2 amide bonds. The maximum absolute atomic E-state index is 12.4. The third kappa shape index (κ3) is 6.02. The van der Waals surface area contributed by atoms with E-state index in [0.717, 1.165) is 5.56 Å². The lowest BCUT2D eigenvalue weighted by molar-refractivity contribution is -0.384. The van der Waals surface area contributed by atoms with Crippen molar-refractivity contribution in [2.24, 2.45) is 5.73 Å². The van der Waals surface area contributed by atoms with Gasteiger partial charge < -0.3 is 25.6 Å². The molecule has 4 rings (SSSR count). The van der Waals surface area contributed by atoms with Gasteiger partial charge in [0, 0.05) is 49.7 Å². The summed E-state index contributed by atoms with van der Waals surface area (Å²) in [5, 5.41) is 15.7. The number of hydrogen-bond acceptors (Lipinski definition) is 9. The molecule has 2 heterocycles. The lowest BCUT2D eigenvalue weighted by Gasteiger charge is -2.36. The maximum atomic E-state index is 12.4. The van der Waals surface area contributed by atoms with E-state index in [9.17, 15) is 19.7 Å². The number of ether oxygens (including phenoxy) is 1. The monoisotopic (exact) mass is 507 g/mol. The second-order valence-electron chi connectivity index (χ2n) is 9.71. The highest BCUT2D eigenvalue weighted by Crippen LogP contribution is 2.35. The standard InChI is InChI=1S/C25H29N7O5/c1-25(2,3)37-24(34)31-10-8-30(9-11-31)20-13-19-18(12-21(20)32(35)36)23(29-15-28-19)27-14-16-4-6-17(7-5-16)22(26)33/h4-7,12-13,15H,8-11,14H2,1-3H3,(H2,26,33)(H,27,28,29). The maximum Gasteiger partial charge on any atom is 0.410 e. The zero-order chi connectivity index (χ0) is 26.7. The quantitative estimate of drug-likeness (QED) is 0.377. The van der Waals surface area contributed by atoms with Crippen LogP contribution >= 0.6 is 0 Å². The molecular formula is C25H29N7O5. The van der Waals surface area contributed by atoms with Gasteiger partial charge in [-0.05, 0) is 44.5 Å². The van der Waals surface area contributed by atoms with E-state index >= 15 is 0 Å². The smallest absolute Gasteiger partial charge is 0.410 e. The van der Waals surface area contributed by atoms with Gasteiger partial charge in [-0.1, -0.05) is 12.1 Å². The summed E-state index contributed by atoms with van der Waals surface area (Å²) in [5.41, 5.74) is 6.90. The van der Waals surface area contributed by atoms with Crippen LogP contribution in [0.25, 0.3) is 10.9 Å². The second kappa shape index (κ2) is 10.2. The molecule has 3 N–H and O–H groups in total. The molecule has 1 fully saturated rings. The first kappa shape index (κ1) is 25.6. The van der Waals surface area contributed by atoms with Crippen molar-refractivity contribution in [2.45, 2.75) is 32.9 Å². The molecule has 0 atom stereocenters. The van der Waals surface area contributed by atoms with Crippen molar-refractivity contribution in [2.75, 3.05) is 36.4 Å². The van der Waals surface area contributed by atoms with E-state index in [0.29, 0.717) is 60.7 Å². The third-order valence-corrected chi connectivity index (χ3v) is 5.90. The van der Waals surface area contributed by atoms with Crippen molar-refractivity contribution in [3.63, 3.8) is 0 Å². The summed E-state index contributed by atoms with van der Waals surface area (Å²) in [5.74, 6) is -0.0518. The van der Waals surface area contributed by atoms with Gasteiger partial charge in [0.25, 0.3) is 5.69 Å². The molecule has 1 aliphatic heterocycles.